The van der Waals surface area contributed by atoms with Crippen LogP contribution in [0.15, 0.2) is 37.2 Å². The van der Waals surface area contributed by atoms with Crippen LogP contribution in [0.1, 0.15) is 0 Å². The first-order valence-corrected chi connectivity index (χ1v) is 2.62. The highest BCUT2D eigenvalue weighted by molar-refractivity contribution is 4.77. The molecule has 0 saturated heterocycles. The van der Waals surface area contributed by atoms with Crippen LogP contribution >= 0.6 is 0 Å². The molecule has 0 spiro atoms. The van der Waals surface area contributed by atoms with Crippen LogP contribution in [0.3, 0.4) is 0 Å². The Bertz CT molecular complexity index is 203. The molecule has 0 rings (SSSR count). The molecule has 0 aromatic carbocycles. The molecule has 0 atom stereocenters. The van der Waals surface area contributed by atoms with Crippen molar-refractivity contribution in [1.29, 1.82) is 0 Å². The molecule has 0 radical (unpaired) electrons. The number of hydrogen-bond donors (Lipinski definition) is 0. The van der Waals surface area contributed by atoms with Crippen LogP contribution in [0.2, 0.25) is 0 Å². The molecular weight excluding hydrogens is 243 g/mol. The van der Waals surface area contributed by atoms with Gasteiger partial charge in [0.25, 0.3) is 12.2 Å². The van der Waals surface area contributed by atoms with Crippen molar-refractivity contribution in [1.82, 2.24) is 0 Å². The largest absolute Gasteiger partial charge is 0.334 e. The van der Waals surface area contributed by atoms with Gasteiger partial charge in [-0.1, -0.05) is 0 Å². The van der Waals surface area contributed by atoms with Crippen LogP contribution in [0.4, 0.5) is 39.5 Å². The Morgan fingerprint density at radius 1 is 0.733 bits per heavy atom. The maximum atomic E-state index is 10.3. The zero-order chi connectivity index (χ0) is 13.0. The quantitative estimate of drug-likeness (QED) is 0.522. The number of rotatable bonds is 0. The van der Waals surface area contributed by atoms with Gasteiger partial charge in [0.15, 0.2) is 6.33 Å². The van der Waals surface area contributed by atoms with E-state index in [9.17, 15) is 39.5 Å². The average molecular weight is 246 g/mol. The Kier molecular flexibility index (Phi) is 16.1. The Morgan fingerprint density at radius 3 is 0.867 bits per heavy atom. The maximum Gasteiger partial charge on any atom is 0.334 e. The molecule has 0 bridgehead atoms. The normalized spacial score (nSPS) is 7.27. The molecule has 0 aliphatic carbocycles. The summed E-state index contributed by atoms with van der Waals surface area (Å²) in [6.45, 7) is 2.22. The van der Waals surface area contributed by atoms with Crippen LogP contribution in [0.5, 0.6) is 0 Å². The predicted octanol–water partition coefficient (Wildman–Crippen LogP) is 5.08. The third kappa shape index (κ3) is 67.0. The lowest BCUT2D eigenvalue weighted by molar-refractivity contribution is 0.308. The van der Waals surface area contributed by atoms with E-state index in [0.717, 1.165) is 0 Å². The van der Waals surface area contributed by atoms with Crippen LogP contribution in [0, 0.1) is 0 Å². The van der Waals surface area contributed by atoms with E-state index in [1.165, 1.54) is 0 Å². The standard InChI is InChI=1S/C2F4.C2HF3.C2H2F2/c3-1(4)2(5)6;3-1-2(4)5;1-2(3)4/h;1H;1H2. The van der Waals surface area contributed by atoms with E-state index in [4.69, 9.17) is 0 Å². The van der Waals surface area contributed by atoms with E-state index >= 15 is 0 Å². The average Bonchev–Trinajstić information content (AvgIpc) is 2.04. The number of halogens is 9. The van der Waals surface area contributed by atoms with Gasteiger partial charge in [0.05, 0.1) is 0 Å². The van der Waals surface area contributed by atoms with Crippen LogP contribution in [-0.2, 0) is 0 Å². The molecule has 90 valence electrons. The van der Waals surface area contributed by atoms with Gasteiger partial charge < -0.3 is 0 Å². The fourth-order valence-corrected chi connectivity index (χ4v) is 0. The van der Waals surface area contributed by atoms with Gasteiger partial charge in [0.2, 0.25) is 0 Å². The third-order valence-electron chi connectivity index (χ3n) is 0.225. The van der Waals surface area contributed by atoms with E-state index in [0.29, 0.717) is 0 Å². The fraction of sp³-hybridized carbons (Fsp3) is 0. The highest BCUT2D eigenvalue weighted by Crippen LogP contribution is 2.08. The molecule has 0 saturated carbocycles. The first kappa shape index (κ1) is 19.2. The summed E-state index contributed by atoms with van der Waals surface area (Å²) in [5, 5.41) is 0. The zero-order valence-corrected chi connectivity index (χ0v) is 6.69. The van der Waals surface area contributed by atoms with Gasteiger partial charge in [0.1, 0.15) is 0 Å². The van der Waals surface area contributed by atoms with E-state index in [-0.39, 0.29) is 0 Å². The molecule has 0 aliphatic heterocycles. The van der Waals surface area contributed by atoms with Crippen LogP contribution < -0.4 is 0 Å². The monoisotopic (exact) mass is 246 g/mol. The summed E-state index contributed by atoms with van der Waals surface area (Å²) >= 11 is 0. The van der Waals surface area contributed by atoms with Crippen molar-refractivity contribution < 1.29 is 39.5 Å². The van der Waals surface area contributed by atoms with Crippen molar-refractivity contribution in [3.63, 3.8) is 0 Å². The molecule has 9 heteroatoms. The van der Waals surface area contributed by atoms with Crippen LogP contribution in [-0.4, -0.2) is 0 Å². The summed E-state index contributed by atoms with van der Waals surface area (Å²) in [6, 6.07) is 0. The highest BCUT2D eigenvalue weighted by Gasteiger charge is 1.98. The Labute approximate surface area is 78.0 Å². The van der Waals surface area contributed by atoms with Gasteiger partial charge in [-0.3, -0.25) is 0 Å². The van der Waals surface area contributed by atoms with E-state index in [1.54, 1.807) is 0 Å². The molecule has 0 heterocycles. The summed E-state index contributed by atoms with van der Waals surface area (Å²) in [4.78, 5) is 0. The second-order valence-electron chi connectivity index (χ2n) is 1.26. The van der Waals surface area contributed by atoms with Crippen molar-refractivity contribution in [2.24, 2.45) is 0 Å². The van der Waals surface area contributed by atoms with Crippen molar-refractivity contribution >= 4 is 0 Å². The number of hydrogen-bond acceptors (Lipinski definition) is 0. The zero-order valence-electron chi connectivity index (χ0n) is 6.69. The molecule has 0 nitrogen and oxygen atoms in total. The Hall–Kier alpha value is -1.41. The molecule has 0 amide bonds. The highest BCUT2D eigenvalue weighted by atomic mass is 19.3. The van der Waals surface area contributed by atoms with Gasteiger partial charge in [-0.15, -0.1) is 0 Å². The lowest BCUT2D eigenvalue weighted by Gasteiger charge is -1.69. The molecule has 0 aromatic heterocycles. The van der Waals surface area contributed by atoms with Crippen molar-refractivity contribution in [3.8, 4) is 0 Å². The molecule has 0 aromatic rings. The topological polar surface area (TPSA) is 0 Å². The molecule has 0 unspecified atom stereocenters. The lowest BCUT2D eigenvalue weighted by atomic mass is 11.1. The van der Waals surface area contributed by atoms with Crippen molar-refractivity contribution in [2.75, 3.05) is 0 Å². The maximum absolute atomic E-state index is 10.3. The molecule has 0 N–H and O–H groups in total. The molecular formula is C6H3F9. The Morgan fingerprint density at radius 2 is 0.867 bits per heavy atom. The minimum atomic E-state index is -2.91. The van der Waals surface area contributed by atoms with Gasteiger partial charge in [-0.25, -0.2) is 4.39 Å². The van der Waals surface area contributed by atoms with Gasteiger partial charge >= 0.3 is 12.2 Å². The van der Waals surface area contributed by atoms with Gasteiger partial charge in [-0.2, -0.15) is 35.1 Å². The summed E-state index contributed by atoms with van der Waals surface area (Å²) in [5.41, 5.74) is 0. The fourth-order valence-electron chi connectivity index (χ4n) is 0. The second kappa shape index (κ2) is 12.6. The van der Waals surface area contributed by atoms with Crippen molar-refractivity contribution in [2.45, 2.75) is 0 Å². The first-order chi connectivity index (χ1) is 6.64. The minimum Gasteiger partial charge on any atom is -0.210 e. The summed E-state index contributed by atoms with van der Waals surface area (Å²) in [6.07, 6.45) is -10.7. The molecule has 0 aliphatic rings. The van der Waals surface area contributed by atoms with E-state index in [1.807, 2.05) is 0 Å². The minimum absolute atomic E-state index is 0.750. The SMILES string of the molecule is C=C(F)F.FC(F)=C(F)F.FC=C(F)F. The van der Waals surface area contributed by atoms with E-state index < -0.39 is 30.7 Å². The second-order valence-corrected chi connectivity index (χ2v) is 1.26. The van der Waals surface area contributed by atoms with E-state index in [2.05, 4.69) is 6.58 Å². The van der Waals surface area contributed by atoms with Gasteiger partial charge in [-0.05, 0) is 6.58 Å². The third-order valence-corrected chi connectivity index (χ3v) is 0.225. The first-order valence-electron chi connectivity index (χ1n) is 2.62. The predicted molar refractivity (Wildman–Crippen MR) is 34.2 cm³/mol. The Balaban J connectivity index is -0.000000147. The smallest absolute Gasteiger partial charge is 0.210 e. The molecule has 15 heavy (non-hydrogen) atoms. The van der Waals surface area contributed by atoms with Crippen LogP contribution in [0.25, 0.3) is 0 Å². The summed E-state index contributed by atoms with van der Waals surface area (Å²) in [7, 11) is 0. The summed E-state index contributed by atoms with van der Waals surface area (Å²) < 4.78 is 92.1. The molecule has 0 fully saturated rings. The van der Waals surface area contributed by atoms with Gasteiger partial charge in [0, 0.05) is 0 Å². The lowest BCUT2D eigenvalue weighted by Crippen LogP contribution is -1.56. The summed E-state index contributed by atoms with van der Waals surface area (Å²) in [5.74, 6) is 0. The van der Waals surface area contributed by atoms with Crippen molar-refractivity contribution in [3.05, 3.63) is 37.2 Å².